The zero-order chi connectivity index (χ0) is 15.8. The first-order valence-electron chi connectivity index (χ1n) is 7.38. The van der Waals surface area contributed by atoms with Crippen molar-refractivity contribution >= 4 is 44.5 Å². The summed E-state index contributed by atoms with van der Waals surface area (Å²) in [6.45, 7) is 0. The SMILES string of the molecule is Brc1cccc([C@H]2C[C@@H](c3ccc(I)cc3)Nc3ncnn32)c1. The minimum Gasteiger partial charge on any atom is -0.348 e. The van der Waals surface area contributed by atoms with Gasteiger partial charge in [-0.15, -0.1) is 0 Å². The fourth-order valence-electron chi connectivity index (χ4n) is 3.02. The molecule has 0 saturated heterocycles. The van der Waals surface area contributed by atoms with Gasteiger partial charge in [-0.3, -0.25) is 0 Å². The summed E-state index contributed by atoms with van der Waals surface area (Å²) in [5, 5.41) is 7.92. The lowest BCUT2D eigenvalue weighted by atomic mass is 9.93. The molecule has 4 rings (SSSR count). The van der Waals surface area contributed by atoms with Crippen LogP contribution in [0.5, 0.6) is 0 Å². The highest BCUT2D eigenvalue weighted by Crippen LogP contribution is 2.37. The van der Waals surface area contributed by atoms with E-state index in [2.05, 4.69) is 96.4 Å². The van der Waals surface area contributed by atoms with Gasteiger partial charge in [0.15, 0.2) is 0 Å². The van der Waals surface area contributed by atoms with E-state index in [1.165, 1.54) is 14.7 Å². The third kappa shape index (κ3) is 3.01. The third-order valence-electron chi connectivity index (χ3n) is 4.14. The molecule has 0 fully saturated rings. The molecule has 23 heavy (non-hydrogen) atoms. The molecule has 2 atom stereocenters. The molecule has 1 N–H and O–H groups in total. The molecule has 0 unspecified atom stereocenters. The van der Waals surface area contributed by atoms with E-state index in [4.69, 9.17) is 0 Å². The molecule has 0 spiro atoms. The number of benzene rings is 2. The Balaban J connectivity index is 1.73. The highest BCUT2D eigenvalue weighted by molar-refractivity contribution is 14.1. The van der Waals surface area contributed by atoms with Crippen LogP contribution in [0.2, 0.25) is 0 Å². The summed E-state index contributed by atoms with van der Waals surface area (Å²) in [6, 6.07) is 17.5. The predicted molar refractivity (Wildman–Crippen MR) is 102 cm³/mol. The standard InChI is InChI=1S/C17H14BrIN4/c18-13-3-1-2-12(8-13)16-9-15(11-4-6-14(19)7-5-11)22-17-20-10-21-23(16)17/h1-8,10,15-16H,9H2,(H,20,21,22)/t15-,16+/m0/s1. The Hall–Kier alpha value is -1.41. The summed E-state index contributed by atoms with van der Waals surface area (Å²) < 4.78 is 4.31. The largest absolute Gasteiger partial charge is 0.348 e. The van der Waals surface area contributed by atoms with Crippen molar-refractivity contribution in [3.8, 4) is 0 Å². The van der Waals surface area contributed by atoms with Crippen molar-refractivity contribution in [2.45, 2.75) is 18.5 Å². The van der Waals surface area contributed by atoms with Crippen LogP contribution in [0.3, 0.4) is 0 Å². The van der Waals surface area contributed by atoms with Crippen LogP contribution in [0.25, 0.3) is 0 Å². The fourth-order valence-corrected chi connectivity index (χ4v) is 3.80. The average molecular weight is 481 g/mol. The average Bonchev–Trinajstić information content (AvgIpc) is 3.03. The van der Waals surface area contributed by atoms with E-state index in [0.717, 1.165) is 16.8 Å². The summed E-state index contributed by atoms with van der Waals surface area (Å²) in [6.07, 6.45) is 2.55. The first-order chi connectivity index (χ1) is 11.2. The van der Waals surface area contributed by atoms with Gasteiger partial charge in [-0.2, -0.15) is 10.1 Å². The van der Waals surface area contributed by atoms with Crippen molar-refractivity contribution in [3.63, 3.8) is 0 Å². The monoisotopic (exact) mass is 480 g/mol. The number of anilines is 1. The Bertz CT molecular complexity index is 831. The smallest absolute Gasteiger partial charge is 0.222 e. The summed E-state index contributed by atoms with van der Waals surface area (Å²) in [4.78, 5) is 4.38. The van der Waals surface area contributed by atoms with Gasteiger partial charge in [0.1, 0.15) is 6.33 Å². The van der Waals surface area contributed by atoms with Crippen molar-refractivity contribution in [3.05, 3.63) is 74.0 Å². The van der Waals surface area contributed by atoms with Gasteiger partial charge < -0.3 is 5.32 Å². The van der Waals surface area contributed by atoms with E-state index < -0.39 is 0 Å². The Morgan fingerprint density at radius 2 is 1.96 bits per heavy atom. The van der Waals surface area contributed by atoms with Gasteiger partial charge in [0.05, 0.1) is 12.1 Å². The van der Waals surface area contributed by atoms with Crippen molar-refractivity contribution < 1.29 is 0 Å². The number of halogens is 2. The molecule has 116 valence electrons. The number of nitrogens with one attached hydrogen (secondary N) is 1. The summed E-state index contributed by atoms with van der Waals surface area (Å²) in [5.74, 6) is 0.824. The molecule has 0 radical (unpaired) electrons. The van der Waals surface area contributed by atoms with Crippen LogP contribution < -0.4 is 5.32 Å². The van der Waals surface area contributed by atoms with Crippen molar-refractivity contribution in [2.24, 2.45) is 0 Å². The molecule has 4 nitrogen and oxygen atoms in total. The second-order valence-electron chi connectivity index (χ2n) is 5.58. The molecule has 0 saturated carbocycles. The number of fused-ring (bicyclic) bond motifs is 1. The van der Waals surface area contributed by atoms with Gasteiger partial charge in [-0.05, 0) is 64.4 Å². The molecule has 0 aliphatic carbocycles. The predicted octanol–water partition coefficient (Wildman–Crippen LogP) is 4.79. The minimum atomic E-state index is 0.176. The maximum Gasteiger partial charge on any atom is 0.222 e. The molecule has 1 aromatic heterocycles. The number of aromatic nitrogens is 3. The minimum absolute atomic E-state index is 0.176. The quantitative estimate of drug-likeness (QED) is 0.536. The summed E-state index contributed by atoms with van der Waals surface area (Å²) >= 11 is 5.90. The van der Waals surface area contributed by atoms with E-state index in [-0.39, 0.29) is 12.1 Å². The third-order valence-corrected chi connectivity index (χ3v) is 5.35. The number of hydrogen-bond donors (Lipinski definition) is 1. The Morgan fingerprint density at radius 3 is 2.74 bits per heavy atom. The van der Waals surface area contributed by atoms with E-state index in [1.807, 2.05) is 10.7 Å². The second-order valence-corrected chi connectivity index (χ2v) is 7.74. The van der Waals surface area contributed by atoms with E-state index in [9.17, 15) is 0 Å². The molecule has 6 heteroatoms. The van der Waals surface area contributed by atoms with Crippen LogP contribution in [-0.4, -0.2) is 14.8 Å². The van der Waals surface area contributed by atoms with Crippen LogP contribution in [0.1, 0.15) is 29.6 Å². The van der Waals surface area contributed by atoms with Crippen LogP contribution >= 0.6 is 38.5 Å². The lowest BCUT2D eigenvalue weighted by Gasteiger charge is -2.32. The van der Waals surface area contributed by atoms with Gasteiger partial charge in [0.2, 0.25) is 5.95 Å². The van der Waals surface area contributed by atoms with Crippen LogP contribution in [-0.2, 0) is 0 Å². The van der Waals surface area contributed by atoms with Gasteiger partial charge >= 0.3 is 0 Å². The number of hydrogen-bond acceptors (Lipinski definition) is 3. The van der Waals surface area contributed by atoms with Crippen molar-refractivity contribution in [2.75, 3.05) is 5.32 Å². The van der Waals surface area contributed by atoms with Gasteiger partial charge in [-0.1, -0.05) is 40.2 Å². The lowest BCUT2D eigenvalue weighted by Crippen LogP contribution is -2.28. The zero-order valence-corrected chi connectivity index (χ0v) is 15.9. The molecule has 0 bridgehead atoms. The lowest BCUT2D eigenvalue weighted by molar-refractivity contribution is 0.430. The zero-order valence-electron chi connectivity index (χ0n) is 12.2. The normalized spacial score (nSPS) is 19.9. The molecule has 1 aliphatic rings. The molecule has 0 amide bonds. The first kappa shape index (κ1) is 15.1. The topological polar surface area (TPSA) is 42.7 Å². The van der Waals surface area contributed by atoms with Crippen LogP contribution in [0, 0.1) is 3.57 Å². The maximum absolute atomic E-state index is 4.41. The number of nitrogens with zero attached hydrogens (tertiary/aromatic N) is 3. The highest BCUT2D eigenvalue weighted by Gasteiger charge is 2.29. The summed E-state index contributed by atoms with van der Waals surface area (Å²) in [5.41, 5.74) is 2.52. The maximum atomic E-state index is 4.41. The van der Waals surface area contributed by atoms with Gasteiger partial charge in [0, 0.05) is 8.04 Å². The molecule has 2 heterocycles. The van der Waals surface area contributed by atoms with E-state index >= 15 is 0 Å². The van der Waals surface area contributed by atoms with E-state index in [1.54, 1.807) is 6.33 Å². The van der Waals surface area contributed by atoms with Crippen LogP contribution in [0.15, 0.2) is 59.3 Å². The first-order valence-corrected chi connectivity index (χ1v) is 9.25. The van der Waals surface area contributed by atoms with Crippen molar-refractivity contribution in [1.29, 1.82) is 0 Å². The van der Waals surface area contributed by atoms with Gasteiger partial charge in [-0.25, -0.2) is 4.68 Å². The summed E-state index contributed by atoms with van der Waals surface area (Å²) in [7, 11) is 0. The van der Waals surface area contributed by atoms with E-state index in [0.29, 0.717) is 0 Å². The van der Waals surface area contributed by atoms with Crippen molar-refractivity contribution in [1.82, 2.24) is 14.8 Å². The second kappa shape index (κ2) is 6.24. The Kier molecular flexibility index (Phi) is 4.11. The highest BCUT2D eigenvalue weighted by atomic mass is 127. The van der Waals surface area contributed by atoms with Gasteiger partial charge in [0.25, 0.3) is 0 Å². The Morgan fingerprint density at radius 1 is 1.13 bits per heavy atom. The number of rotatable bonds is 2. The Labute approximate surface area is 156 Å². The molecule has 2 aromatic carbocycles. The molecule has 1 aliphatic heterocycles. The molecular weight excluding hydrogens is 467 g/mol. The van der Waals surface area contributed by atoms with Crippen LogP contribution in [0.4, 0.5) is 5.95 Å². The molecular formula is C17H14BrIN4. The molecule has 3 aromatic rings. The fraction of sp³-hybridized carbons (Fsp3) is 0.176.